The molecule has 1 aromatic rings. The van der Waals surface area contributed by atoms with Gasteiger partial charge in [0.2, 0.25) is 0 Å². The van der Waals surface area contributed by atoms with Crippen molar-refractivity contribution in [1.29, 1.82) is 0 Å². The molecule has 0 amide bonds. The highest BCUT2D eigenvalue weighted by Gasteiger charge is 1.96. The summed E-state index contributed by atoms with van der Waals surface area (Å²) in [5.41, 5.74) is 15.8. The van der Waals surface area contributed by atoms with Crippen LogP contribution in [0, 0.1) is 0 Å². The maximum absolute atomic E-state index is 5.55. The summed E-state index contributed by atoms with van der Waals surface area (Å²) in [6.45, 7) is 1.86. The second-order valence-electron chi connectivity index (χ2n) is 2.80. The van der Waals surface area contributed by atoms with Crippen LogP contribution in [-0.2, 0) is 0 Å². The van der Waals surface area contributed by atoms with Gasteiger partial charge in [0.25, 0.3) is 0 Å². The number of nitrogens with zero attached hydrogens (tertiary/aromatic N) is 1. The maximum atomic E-state index is 5.55. The van der Waals surface area contributed by atoms with Crippen LogP contribution in [0.15, 0.2) is 29.4 Å². The van der Waals surface area contributed by atoms with Gasteiger partial charge in [0.15, 0.2) is 5.11 Å². The van der Waals surface area contributed by atoms with Gasteiger partial charge in [-0.1, -0.05) is 12.1 Å². The Balaban J connectivity index is 2.78. The average Bonchev–Trinajstić information content (AvgIpc) is 2.15. The van der Waals surface area contributed by atoms with E-state index in [0.717, 1.165) is 17.0 Å². The van der Waals surface area contributed by atoms with Gasteiger partial charge in [-0.05, 0) is 36.8 Å². The molecule has 14 heavy (non-hydrogen) atoms. The van der Waals surface area contributed by atoms with Gasteiger partial charge in [-0.15, -0.1) is 0 Å². The number of anilines is 1. The predicted octanol–water partition coefficient (Wildman–Crippen LogP) is 0.826. The first-order chi connectivity index (χ1) is 6.59. The molecule has 0 aliphatic rings. The molecule has 0 heterocycles. The number of benzene rings is 1. The molecule has 5 N–H and O–H groups in total. The molecular weight excluding hydrogens is 196 g/mol. The van der Waals surface area contributed by atoms with E-state index in [1.165, 1.54) is 0 Å². The zero-order valence-electron chi connectivity index (χ0n) is 7.82. The lowest BCUT2D eigenvalue weighted by atomic mass is 10.1. The van der Waals surface area contributed by atoms with Crippen LogP contribution >= 0.6 is 12.2 Å². The second kappa shape index (κ2) is 4.57. The van der Waals surface area contributed by atoms with E-state index in [4.69, 9.17) is 11.5 Å². The molecular formula is C9H12N4S. The first-order valence-corrected chi connectivity index (χ1v) is 4.46. The Kier molecular flexibility index (Phi) is 3.41. The van der Waals surface area contributed by atoms with Gasteiger partial charge >= 0.3 is 0 Å². The van der Waals surface area contributed by atoms with Crippen LogP contribution in [-0.4, -0.2) is 10.8 Å². The Labute approximate surface area is 88.0 Å². The lowest BCUT2D eigenvalue weighted by molar-refractivity contribution is 1.03. The van der Waals surface area contributed by atoms with Gasteiger partial charge in [0.1, 0.15) is 0 Å². The average molecular weight is 208 g/mol. The van der Waals surface area contributed by atoms with E-state index in [2.05, 4.69) is 22.7 Å². The minimum atomic E-state index is 0.153. The molecule has 0 saturated heterocycles. The fourth-order valence-corrected chi connectivity index (χ4v) is 0.973. The lowest BCUT2D eigenvalue weighted by Crippen LogP contribution is -2.25. The minimum absolute atomic E-state index is 0.153. The number of nitrogens with two attached hydrogens (primary N) is 2. The van der Waals surface area contributed by atoms with Crippen LogP contribution < -0.4 is 16.9 Å². The van der Waals surface area contributed by atoms with Crippen LogP contribution in [0.3, 0.4) is 0 Å². The largest absolute Gasteiger partial charge is 0.399 e. The monoisotopic (exact) mass is 208 g/mol. The first-order valence-electron chi connectivity index (χ1n) is 4.05. The molecule has 4 nitrogen and oxygen atoms in total. The first kappa shape index (κ1) is 10.5. The van der Waals surface area contributed by atoms with Gasteiger partial charge in [-0.3, -0.25) is 5.43 Å². The zero-order chi connectivity index (χ0) is 10.6. The summed E-state index contributed by atoms with van der Waals surface area (Å²) in [6, 6.07) is 7.40. The van der Waals surface area contributed by atoms with Crippen LogP contribution in [0.1, 0.15) is 12.5 Å². The Hall–Kier alpha value is -1.62. The molecule has 74 valence electrons. The molecule has 0 radical (unpaired) electrons. The number of hydrazone groups is 1. The van der Waals surface area contributed by atoms with Crippen molar-refractivity contribution in [2.75, 3.05) is 5.73 Å². The standard InChI is InChI=1S/C9H12N4S/c1-6(12-13-9(11)14)7-2-4-8(10)5-3-7/h2-5H,10H2,1H3,(H3,11,13,14)/b12-6-. The number of rotatable bonds is 2. The van der Waals surface area contributed by atoms with Crippen LogP contribution in [0.25, 0.3) is 0 Å². The third kappa shape index (κ3) is 3.02. The molecule has 0 spiro atoms. The van der Waals surface area contributed by atoms with Gasteiger partial charge < -0.3 is 11.5 Å². The van der Waals surface area contributed by atoms with E-state index in [1.807, 2.05) is 31.2 Å². The summed E-state index contributed by atoms with van der Waals surface area (Å²) in [5, 5.41) is 4.14. The molecule has 0 bridgehead atoms. The van der Waals surface area contributed by atoms with E-state index < -0.39 is 0 Å². The summed E-state index contributed by atoms with van der Waals surface area (Å²) in [6.07, 6.45) is 0. The van der Waals surface area contributed by atoms with Gasteiger partial charge in [0, 0.05) is 5.69 Å². The third-order valence-corrected chi connectivity index (χ3v) is 1.75. The van der Waals surface area contributed by atoms with Gasteiger partial charge in [-0.2, -0.15) is 5.10 Å². The fraction of sp³-hybridized carbons (Fsp3) is 0.111. The van der Waals surface area contributed by atoms with E-state index in [-0.39, 0.29) is 5.11 Å². The van der Waals surface area contributed by atoms with Crippen LogP contribution in [0.4, 0.5) is 5.69 Å². The molecule has 1 rings (SSSR count). The van der Waals surface area contributed by atoms with E-state index in [9.17, 15) is 0 Å². The van der Waals surface area contributed by atoms with Crippen molar-refractivity contribution >= 4 is 28.7 Å². The second-order valence-corrected chi connectivity index (χ2v) is 3.24. The van der Waals surface area contributed by atoms with E-state index in [1.54, 1.807) is 0 Å². The van der Waals surface area contributed by atoms with Crippen LogP contribution in [0.5, 0.6) is 0 Å². The molecule has 0 aliphatic heterocycles. The summed E-state index contributed by atoms with van der Waals surface area (Å²) in [7, 11) is 0. The number of hydrogen-bond acceptors (Lipinski definition) is 3. The fourth-order valence-electron chi connectivity index (χ4n) is 0.928. The quantitative estimate of drug-likeness (QED) is 0.291. The number of nitrogen functional groups attached to an aromatic ring is 1. The highest BCUT2D eigenvalue weighted by atomic mass is 32.1. The molecule has 1 aromatic carbocycles. The van der Waals surface area contributed by atoms with Crippen molar-refractivity contribution in [2.24, 2.45) is 10.8 Å². The Morgan fingerprint density at radius 3 is 2.43 bits per heavy atom. The number of nitrogens with one attached hydrogen (secondary N) is 1. The van der Waals surface area contributed by atoms with Crippen molar-refractivity contribution in [3.8, 4) is 0 Å². The van der Waals surface area contributed by atoms with Crippen molar-refractivity contribution in [2.45, 2.75) is 6.92 Å². The number of thiocarbonyl (C=S) groups is 1. The summed E-state index contributed by atoms with van der Waals surface area (Å²) < 4.78 is 0. The van der Waals surface area contributed by atoms with E-state index >= 15 is 0 Å². The van der Waals surface area contributed by atoms with Crippen molar-refractivity contribution in [1.82, 2.24) is 5.43 Å². The van der Waals surface area contributed by atoms with Gasteiger partial charge in [0.05, 0.1) is 5.71 Å². The minimum Gasteiger partial charge on any atom is -0.399 e. The predicted molar refractivity (Wildman–Crippen MR) is 63.0 cm³/mol. The van der Waals surface area contributed by atoms with Crippen LogP contribution in [0.2, 0.25) is 0 Å². The molecule has 5 heteroatoms. The molecule has 0 unspecified atom stereocenters. The molecule has 0 fully saturated rings. The third-order valence-electron chi connectivity index (χ3n) is 1.66. The molecule has 0 aliphatic carbocycles. The molecule has 0 atom stereocenters. The van der Waals surface area contributed by atoms with E-state index in [0.29, 0.717) is 0 Å². The summed E-state index contributed by atoms with van der Waals surface area (Å²) in [4.78, 5) is 0. The highest BCUT2D eigenvalue weighted by Crippen LogP contribution is 2.06. The Bertz CT molecular complexity index is 356. The molecule has 0 saturated carbocycles. The van der Waals surface area contributed by atoms with Crippen molar-refractivity contribution in [3.63, 3.8) is 0 Å². The Morgan fingerprint density at radius 1 is 1.36 bits per heavy atom. The van der Waals surface area contributed by atoms with Crippen molar-refractivity contribution < 1.29 is 0 Å². The SMILES string of the molecule is C/C(=N/NC(N)=S)c1ccc(N)cc1. The molecule has 0 aromatic heterocycles. The van der Waals surface area contributed by atoms with Gasteiger partial charge in [-0.25, -0.2) is 0 Å². The summed E-state index contributed by atoms with van der Waals surface area (Å²) >= 11 is 4.62. The zero-order valence-corrected chi connectivity index (χ0v) is 8.64. The number of hydrogen-bond donors (Lipinski definition) is 3. The highest BCUT2D eigenvalue weighted by molar-refractivity contribution is 7.80. The smallest absolute Gasteiger partial charge is 0.184 e. The topological polar surface area (TPSA) is 76.4 Å². The van der Waals surface area contributed by atoms with Crippen molar-refractivity contribution in [3.05, 3.63) is 29.8 Å². The normalized spacial score (nSPS) is 11.1. The Morgan fingerprint density at radius 2 is 1.93 bits per heavy atom. The maximum Gasteiger partial charge on any atom is 0.184 e. The summed E-state index contributed by atoms with van der Waals surface area (Å²) in [5.74, 6) is 0. The lowest BCUT2D eigenvalue weighted by Gasteiger charge is -2.01.